The van der Waals surface area contributed by atoms with Gasteiger partial charge in [-0.2, -0.15) is 0 Å². The van der Waals surface area contributed by atoms with Gasteiger partial charge in [-0.3, -0.25) is 0 Å². The number of benzene rings is 2. The van der Waals surface area contributed by atoms with Crippen molar-refractivity contribution < 1.29 is 37.5 Å². The smallest absolute Gasteiger partial charge is 0.129 e. The van der Waals surface area contributed by atoms with E-state index in [-0.39, 0.29) is 43.1 Å². The van der Waals surface area contributed by atoms with Gasteiger partial charge in [0.1, 0.15) is 11.6 Å². The fourth-order valence-electron chi connectivity index (χ4n) is 3.50. The van der Waals surface area contributed by atoms with Crippen LogP contribution in [0.5, 0.6) is 0 Å². The summed E-state index contributed by atoms with van der Waals surface area (Å²) in [4.78, 5) is 2.10. The van der Waals surface area contributed by atoms with Crippen LogP contribution in [0.2, 0.25) is 0 Å². The molecule has 0 aromatic heterocycles. The van der Waals surface area contributed by atoms with Crippen molar-refractivity contribution in [2.45, 2.75) is 47.1 Å². The maximum Gasteiger partial charge on any atom is 0.129 e. The molecule has 0 spiro atoms. The molecule has 0 saturated carbocycles. The third kappa shape index (κ3) is 7.41. The molecule has 0 fully saturated rings. The second-order valence-corrected chi connectivity index (χ2v) is 7.24. The van der Waals surface area contributed by atoms with Gasteiger partial charge in [-0.1, -0.05) is 31.2 Å². The van der Waals surface area contributed by atoms with Gasteiger partial charge in [0.2, 0.25) is 0 Å². The second-order valence-electron chi connectivity index (χ2n) is 7.24. The highest BCUT2D eigenvalue weighted by Crippen LogP contribution is 2.27. The summed E-state index contributed by atoms with van der Waals surface area (Å²) < 4.78 is 33.6. The summed E-state index contributed by atoms with van der Waals surface area (Å²) in [6.45, 7) is 7.53. The lowest BCUT2D eigenvalue weighted by Crippen LogP contribution is -3.00. The fourth-order valence-corrected chi connectivity index (χ4v) is 3.50. The molecule has 1 unspecified atom stereocenters. The van der Waals surface area contributed by atoms with E-state index in [1.54, 1.807) is 0 Å². The number of rotatable bonds is 8. The summed E-state index contributed by atoms with van der Waals surface area (Å²) in [6, 6.07) is 8.33. The SMILES string of the molecule is C.Cc1cc(C)c(C(CN(C)C)OCCCc2c(F)cccc2F)c(C)c1.[I-]. The van der Waals surface area contributed by atoms with Crippen molar-refractivity contribution in [2.75, 3.05) is 27.2 Å². The third-order valence-electron chi connectivity index (χ3n) is 4.54. The van der Waals surface area contributed by atoms with E-state index in [2.05, 4.69) is 37.8 Å². The zero-order chi connectivity index (χ0) is 19.3. The molecule has 2 nitrogen and oxygen atoms in total. The topological polar surface area (TPSA) is 12.5 Å². The van der Waals surface area contributed by atoms with Crippen molar-refractivity contribution in [1.82, 2.24) is 4.90 Å². The van der Waals surface area contributed by atoms with Crippen LogP contribution in [-0.4, -0.2) is 32.1 Å². The van der Waals surface area contributed by atoms with E-state index in [1.165, 1.54) is 40.5 Å². The number of aryl methyl sites for hydroxylation is 3. The molecule has 0 aliphatic carbocycles. The first-order chi connectivity index (χ1) is 12.3. The molecule has 0 bridgehead atoms. The van der Waals surface area contributed by atoms with Crippen LogP contribution in [0, 0.1) is 32.4 Å². The largest absolute Gasteiger partial charge is 1.00 e. The molecule has 158 valence electrons. The Balaban J connectivity index is 0.00000364. The van der Waals surface area contributed by atoms with Crippen LogP contribution in [0.25, 0.3) is 0 Å². The van der Waals surface area contributed by atoms with Crippen LogP contribution >= 0.6 is 0 Å². The van der Waals surface area contributed by atoms with Gasteiger partial charge in [0.05, 0.1) is 6.10 Å². The monoisotopic (exact) mass is 504 g/mol. The highest BCUT2D eigenvalue weighted by Gasteiger charge is 2.18. The molecule has 2 aromatic rings. The number of hydrogen-bond donors (Lipinski definition) is 0. The molecule has 0 saturated heterocycles. The summed E-state index contributed by atoms with van der Waals surface area (Å²) in [5, 5.41) is 0. The molecule has 2 aromatic carbocycles. The minimum Gasteiger partial charge on any atom is -1.00 e. The number of halogens is 3. The van der Waals surface area contributed by atoms with E-state index >= 15 is 0 Å². The molecule has 0 aliphatic rings. The van der Waals surface area contributed by atoms with Crippen molar-refractivity contribution in [3.05, 3.63) is 69.8 Å². The lowest BCUT2D eigenvalue weighted by atomic mass is 9.95. The molecular formula is C23H33F2INO-. The Kier molecular flexibility index (Phi) is 12.0. The molecule has 1 atom stereocenters. The van der Waals surface area contributed by atoms with Gasteiger partial charge in [-0.15, -0.1) is 0 Å². The molecule has 0 amide bonds. The van der Waals surface area contributed by atoms with Crippen molar-refractivity contribution in [1.29, 1.82) is 0 Å². The van der Waals surface area contributed by atoms with Gasteiger partial charge in [-0.25, -0.2) is 8.78 Å². The molecule has 28 heavy (non-hydrogen) atoms. The molecule has 0 radical (unpaired) electrons. The fraction of sp³-hybridized carbons (Fsp3) is 0.478. The lowest BCUT2D eigenvalue weighted by Gasteiger charge is -2.25. The Bertz CT molecular complexity index is 706. The lowest BCUT2D eigenvalue weighted by molar-refractivity contribution is -0.0000115. The van der Waals surface area contributed by atoms with Gasteiger partial charge >= 0.3 is 0 Å². The van der Waals surface area contributed by atoms with E-state index in [9.17, 15) is 8.78 Å². The molecule has 5 heteroatoms. The summed E-state index contributed by atoms with van der Waals surface area (Å²) in [6.07, 6.45) is 0.848. The van der Waals surface area contributed by atoms with Gasteiger partial charge in [-0.05, 0) is 76.5 Å². The maximum absolute atomic E-state index is 13.7. The van der Waals surface area contributed by atoms with E-state index in [4.69, 9.17) is 4.74 Å². The molecule has 0 aliphatic heterocycles. The van der Waals surface area contributed by atoms with E-state index in [0.29, 0.717) is 19.4 Å². The van der Waals surface area contributed by atoms with Crippen molar-refractivity contribution in [2.24, 2.45) is 0 Å². The first-order valence-electron chi connectivity index (χ1n) is 9.06. The highest BCUT2D eigenvalue weighted by molar-refractivity contribution is 5.39. The van der Waals surface area contributed by atoms with Crippen molar-refractivity contribution in [3.63, 3.8) is 0 Å². The highest BCUT2D eigenvalue weighted by atomic mass is 127. The molecule has 2 rings (SSSR count). The standard InChI is InChI=1S/C22H29F2NO.CH4.HI/c1-15-12-16(2)22(17(3)13-15)21(14-25(4)5)26-11-7-8-18-19(23)9-6-10-20(18)24;;/h6,9-10,12-13,21H,7-8,11,14H2,1-5H3;1H4;1H/p-1. The molecular weight excluding hydrogens is 471 g/mol. The van der Waals surface area contributed by atoms with Gasteiger partial charge in [0.25, 0.3) is 0 Å². The summed E-state index contributed by atoms with van der Waals surface area (Å²) in [7, 11) is 4.04. The Hall–Kier alpha value is -1.05. The Morgan fingerprint density at radius 1 is 1.00 bits per heavy atom. The third-order valence-corrected chi connectivity index (χ3v) is 4.54. The van der Waals surface area contributed by atoms with Crippen LogP contribution in [0.4, 0.5) is 8.78 Å². The van der Waals surface area contributed by atoms with Gasteiger partial charge in [0.15, 0.2) is 0 Å². The quantitative estimate of drug-likeness (QED) is 0.405. The maximum atomic E-state index is 13.7. The molecule has 0 N–H and O–H groups in total. The summed E-state index contributed by atoms with van der Waals surface area (Å²) in [5.74, 6) is -0.972. The molecule has 0 heterocycles. The van der Waals surface area contributed by atoms with Crippen LogP contribution in [-0.2, 0) is 11.2 Å². The minimum atomic E-state index is -0.486. The minimum absolute atomic E-state index is 0. The van der Waals surface area contributed by atoms with E-state index in [0.717, 1.165) is 6.54 Å². The van der Waals surface area contributed by atoms with Gasteiger partial charge in [0, 0.05) is 18.7 Å². The van der Waals surface area contributed by atoms with E-state index < -0.39 is 11.6 Å². The predicted molar refractivity (Wildman–Crippen MR) is 109 cm³/mol. The second kappa shape index (κ2) is 12.5. The Morgan fingerprint density at radius 3 is 2.04 bits per heavy atom. The Labute approximate surface area is 186 Å². The zero-order valence-corrected chi connectivity index (χ0v) is 18.9. The van der Waals surface area contributed by atoms with Crippen molar-refractivity contribution >= 4 is 0 Å². The Morgan fingerprint density at radius 2 is 1.54 bits per heavy atom. The number of likely N-dealkylation sites (N-methyl/N-ethyl adjacent to an activating group) is 1. The predicted octanol–water partition coefficient (Wildman–Crippen LogP) is 2.78. The first-order valence-corrected chi connectivity index (χ1v) is 9.06. The van der Waals surface area contributed by atoms with Crippen LogP contribution < -0.4 is 24.0 Å². The number of hydrogen-bond acceptors (Lipinski definition) is 2. The van der Waals surface area contributed by atoms with Crippen molar-refractivity contribution in [3.8, 4) is 0 Å². The van der Waals surface area contributed by atoms with Crippen LogP contribution in [0.3, 0.4) is 0 Å². The van der Waals surface area contributed by atoms with Gasteiger partial charge < -0.3 is 33.6 Å². The average Bonchev–Trinajstić information content (AvgIpc) is 2.51. The zero-order valence-electron chi connectivity index (χ0n) is 16.8. The van der Waals surface area contributed by atoms with E-state index in [1.807, 2.05) is 14.1 Å². The number of nitrogens with zero attached hydrogens (tertiary/aromatic N) is 1. The van der Waals surface area contributed by atoms with Crippen LogP contribution in [0.1, 0.15) is 47.8 Å². The average molecular weight is 504 g/mol. The van der Waals surface area contributed by atoms with Crippen LogP contribution in [0.15, 0.2) is 30.3 Å². The first kappa shape index (κ1) is 27.0. The number of ether oxygens (including phenoxy) is 1. The normalized spacial score (nSPS) is 11.7. The summed E-state index contributed by atoms with van der Waals surface area (Å²) >= 11 is 0. The summed E-state index contributed by atoms with van der Waals surface area (Å²) in [5.41, 5.74) is 5.02.